The van der Waals surface area contributed by atoms with Crippen molar-refractivity contribution in [1.29, 1.82) is 0 Å². The largest absolute Gasteiger partial charge is 0.497 e. The Morgan fingerprint density at radius 3 is 2.40 bits per heavy atom. The minimum absolute atomic E-state index is 0.0656. The zero-order chi connectivity index (χ0) is 21.1. The van der Waals surface area contributed by atoms with E-state index in [0.29, 0.717) is 16.6 Å². The standard InChI is InChI=1S/C21H24N6O2S/c1-14-12-15(2)23-21(22-14)30-13-18-19(20(28)26-10-4-5-11-26)24-25-27(18)16-6-8-17(29-3)9-7-16/h6-9,12H,4-5,10-11,13H2,1-3H3. The summed E-state index contributed by atoms with van der Waals surface area (Å²) in [5.41, 5.74) is 3.79. The number of likely N-dealkylation sites (tertiary alicyclic amines) is 1. The molecule has 1 aliphatic heterocycles. The SMILES string of the molecule is COc1ccc(-n2nnc(C(=O)N3CCCC3)c2CSc2nc(C)cc(C)n2)cc1. The van der Waals surface area contributed by atoms with Crippen molar-refractivity contribution >= 4 is 17.7 Å². The highest BCUT2D eigenvalue weighted by atomic mass is 32.2. The van der Waals surface area contributed by atoms with Crippen molar-refractivity contribution < 1.29 is 9.53 Å². The Morgan fingerprint density at radius 2 is 1.77 bits per heavy atom. The number of methoxy groups -OCH3 is 1. The molecule has 1 aromatic carbocycles. The Balaban J connectivity index is 1.68. The summed E-state index contributed by atoms with van der Waals surface area (Å²) in [5.74, 6) is 1.17. The van der Waals surface area contributed by atoms with E-state index in [1.807, 2.05) is 49.1 Å². The molecule has 9 heteroatoms. The van der Waals surface area contributed by atoms with Crippen molar-refractivity contribution in [3.63, 3.8) is 0 Å². The third-order valence-electron chi connectivity index (χ3n) is 4.98. The number of amides is 1. The van der Waals surface area contributed by atoms with Crippen molar-refractivity contribution in [3.8, 4) is 11.4 Å². The van der Waals surface area contributed by atoms with E-state index in [9.17, 15) is 4.79 Å². The third-order valence-corrected chi connectivity index (χ3v) is 5.83. The van der Waals surface area contributed by atoms with Gasteiger partial charge in [0, 0.05) is 30.2 Å². The van der Waals surface area contributed by atoms with Gasteiger partial charge in [-0.15, -0.1) is 5.10 Å². The van der Waals surface area contributed by atoms with E-state index in [4.69, 9.17) is 4.74 Å². The number of nitrogens with zero attached hydrogens (tertiary/aromatic N) is 6. The summed E-state index contributed by atoms with van der Waals surface area (Å²) in [6.07, 6.45) is 2.05. The minimum atomic E-state index is -0.0656. The predicted octanol–water partition coefficient (Wildman–Crippen LogP) is 3.21. The number of hydrogen-bond acceptors (Lipinski definition) is 7. The molecule has 3 aromatic rings. The molecule has 3 heterocycles. The van der Waals surface area contributed by atoms with Gasteiger partial charge in [-0.25, -0.2) is 14.6 Å². The molecule has 156 valence electrons. The maximum atomic E-state index is 13.1. The third kappa shape index (κ3) is 4.30. The topological polar surface area (TPSA) is 86.0 Å². The lowest BCUT2D eigenvalue weighted by Gasteiger charge is -2.15. The first-order chi connectivity index (χ1) is 14.5. The smallest absolute Gasteiger partial charge is 0.276 e. The van der Waals surface area contributed by atoms with Crippen LogP contribution in [0.1, 0.15) is 40.4 Å². The monoisotopic (exact) mass is 424 g/mol. The van der Waals surface area contributed by atoms with Gasteiger partial charge in [0.25, 0.3) is 5.91 Å². The number of aryl methyl sites for hydroxylation is 2. The van der Waals surface area contributed by atoms with Crippen LogP contribution in [0.3, 0.4) is 0 Å². The first-order valence-electron chi connectivity index (χ1n) is 9.88. The zero-order valence-electron chi connectivity index (χ0n) is 17.3. The summed E-state index contributed by atoms with van der Waals surface area (Å²) in [5, 5.41) is 9.24. The molecule has 0 aliphatic carbocycles. The van der Waals surface area contributed by atoms with E-state index in [2.05, 4.69) is 20.3 Å². The molecule has 4 rings (SSSR count). The van der Waals surface area contributed by atoms with E-state index >= 15 is 0 Å². The lowest BCUT2D eigenvalue weighted by molar-refractivity contribution is 0.0786. The van der Waals surface area contributed by atoms with Crippen molar-refractivity contribution in [2.24, 2.45) is 0 Å². The summed E-state index contributed by atoms with van der Waals surface area (Å²) in [6.45, 7) is 5.43. The Kier molecular flexibility index (Phi) is 5.98. The van der Waals surface area contributed by atoms with E-state index in [1.165, 1.54) is 11.8 Å². The minimum Gasteiger partial charge on any atom is -0.497 e. The number of carbonyl (C=O) groups is 1. The van der Waals surface area contributed by atoms with E-state index in [-0.39, 0.29) is 5.91 Å². The van der Waals surface area contributed by atoms with Gasteiger partial charge in [0.15, 0.2) is 10.9 Å². The second-order valence-corrected chi connectivity index (χ2v) is 8.16. The van der Waals surface area contributed by atoms with Gasteiger partial charge >= 0.3 is 0 Å². The molecule has 1 aliphatic rings. The number of aromatic nitrogens is 5. The van der Waals surface area contributed by atoms with Gasteiger partial charge in [-0.05, 0) is 57.0 Å². The van der Waals surface area contributed by atoms with Crippen LogP contribution >= 0.6 is 11.8 Å². The molecule has 0 saturated carbocycles. The van der Waals surface area contributed by atoms with Crippen LogP contribution < -0.4 is 4.74 Å². The predicted molar refractivity (Wildman–Crippen MR) is 114 cm³/mol. The van der Waals surface area contributed by atoms with Crippen LogP contribution in [-0.2, 0) is 5.75 Å². The molecule has 0 spiro atoms. The molecule has 1 amide bonds. The average molecular weight is 425 g/mol. The molecule has 0 bridgehead atoms. The quantitative estimate of drug-likeness (QED) is 0.444. The number of rotatable bonds is 6. The molecule has 30 heavy (non-hydrogen) atoms. The van der Waals surface area contributed by atoms with Gasteiger partial charge in [0.2, 0.25) is 0 Å². The highest BCUT2D eigenvalue weighted by molar-refractivity contribution is 7.98. The van der Waals surface area contributed by atoms with Gasteiger partial charge in [-0.3, -0.25) is 4.79 Å². The number of ether oxygens (including phenoxy) is 1. The summed E-state index contributed by atoms with van der Waals surface area (Å²) in [4.78, 5) is 23.9. The van der Waals surface area contributed by atoms with E-state index in [0.717, 1.165) is 54.4 Å². The Bertz CT molecular complexity index is 1020. The number of hydrogen-bond donors (Lipinski definition) is 0. The first kappa shape index (κ1) is 20.3. The molecule has 0 N–H and O–H groups in total. The van der Waals surface area contributed by atoms with Crippen LogP contribution in [0.5, 0.6) is 5.75 Å². The zero-order valence-corrected chi connectivity index (χ0v) is 18.1. The fourth-order valence-electron chi connectivity index (χ4n) is 3.49. The summed E-state index contributed by atoms with van der Waals surface area (Å²) in [6, 6.07) is 9.47. The molecule has 0 atom stereocenters. The molecular formula is C21H24N6O2S. The van der Waals surface area contributed by atoms with Crippen LogP contribution in [0, 0.1) is 13.8 Å². The maximum absolute atomic E-state index is 13.1. The molecule has 0 unspecified atom stereocenters. The van der Waals surface area contributed by atoms with Crippen LogP contribution in [0.15, 0.2) is 35.5 Å². The highest BCUT2D eigenvalue weighted by Crippen LogP contribution is 2.26. The van der Waals surface area contributed by atoms with Gasteiger partial charge in [-0.1, -0.05) is 17.0 Å². The van der Waals surface area contributed by atoms with Crippen molar-refractivity contribution in [1.82, 2.24) is 29.9 Å². The summed E-state index contributed by atoms with van der Waals surface area (Å²) in [7, 11) is 1.63. The van der Waals surface area contributed by atoms with Crippen molar-refractivity contribution in [2.45, 2.75) is 37.6 Å². The van der Waals surface area contributed by atoms with Gasteiger partial charge in [0.05, 0.1) is 18.5 Å². The first-order valence-corrected chi connectivity index (χ1v) is 10.9. The number of carbonyl (C=O) groups excluding carboxylic acids is 1. The second-order valence-electron chi connectivity index (χ2n) is 7.22. The molecule has 1 saturated heterocycles. The maximum Gasteiger partial charge on any atom is 0.276 e. The van der Waals surface area contributed by atoms with Crippen LogP contribution in [0.25, 0.3) is 5.69 Å². The second kappa shape index (κ2) is 8.83. The number of thioether (sulfide) groups is 1. The highest BCUT2D eigenvalue weighted by Gasteiger charge is 2.27. The summed E-state index contributed by atoms with van der Waals surface area (Å²) < 4.78 is 6.97. The number of benzene rings is 1. The van der Waals surface area contributed by atoms with E-state index in [1.54, 1.807) is 11.8 Å². The van der Waals surface area contributed by atoms with Crippen molar-refractivity contribution in [2.75, 3.05) is 20.2 Å². The Labute approximate surface area is 179 Å². The normalized spacial score (nSPS) is 13.6. The van der Waals surface area contributed by atoms with Crippen LogP contribution in [0.2, 0.25) is 0 Å². The van der Waals surface area contributed by atoms with Gasteiger partial charge < -0.3 is 9.64 Å². The average Bonchev–Trinajstić information content (AvgIpc) is 3.41. The fourth-order valence-corrected chi connectivity index (χ4v) is 4.43. The fraction of sp³-hybridized carbons (Fsp3) is 0.381. The summed E-state index contributed by atoms with van der Waals surface area (Å²) >= 11 is 1.48. The van der Waals surface area contributed by atoms with E-state index < -0.39 is 0 Å². The van der Waals surface area contributed by atoms with Crippen LogP contribution in [-0.4, -0.2) is 56.0 Å². The molecule has 1 fully saturated rings. The van der Waals surface area contributed by atoms with Crippen LogP contribution in [0.4, 0.5) is 0 Å². The Hall–Kier alpha value is -2.94. The Morgan fingerprint density at radius 1 is 1.10 bits per heavy atom. The molecule has 2 aromatic heterocycles. The molecule has 0 radical (unpaired) electrons. The van der Waals surface area contributed by atoms with Crippen molar-refractivity contribution in [3.05, 3.63) is 53.1 Å². The lowest BCUT2D eigenvalue weighted by Crippen LogP contribution is -2.28. The van der Waals surface area contributed by atoms with Gasteiger partial charge in [0.1, 0.15) is 5.75 Å². The molecular weight excluding hydrogens is 400 g/mol. The molecule has 8 nitrogen and oxygen atoms in total. The lowest BCUT2D eigenvalue weighted by atomic mass is 10.2. The van der Waals surface area contributed by atoms with Gasteiger partial charge in [-0.2, -0.15) is 0 Å².